The van der Waals surface area contributed by atoms with Crippen LogP contribution in [0.15, 0.2) is 102 Å². The van der Waals surface area contributed by atoms with Crippen LogP contribution in [0.4, 0.5) is 21.9 Å². The number of fused-ring (bicyclic) bond motifs is 1. The number of benzene rings is 4. The largest absolute Gasteiger partial charge is 0.464 e. The molecule has 2 aliphatic rings. The van der Waals surface area contributed by atoms with Crippen molar-refractivity contribution in [3.63, 3.8) is 0 Å². The molecule has 0 saturated carbocycles. The molecule has 3 N–H and O–H groups in total. The van der Waals surface area contributed by atoms with Crippen molar-refractivity contribution in [1.29, 1.82) is 0 Å². The highest BCUT2D eigenvalue weighted by atomic mass is 35.5. The molecule has 0 unspecified atom stereocenters. The van der Waals surface area contributed by atoms with E-state index in [1.807, 2.05) is 31.1 Å². The molecule has 0 atom stereocenters. The highest BCUT2D eigenvalue weighted by Gasteiger charge is 2.30. The third kappa shape index (κ3) is 10.8. The first kappa shape index (κ1) is 45.1. The van der Waals surface area contributed by atoms with E-state index < -0.39 is 37.5 Å². The van der Waals surface area contributed by atoms with Gasteiger partial charge >= 0.3 is 6.09 Å². The van der Waals surface area contributed by atoms with Gasteiger partial charge in [-0.25, -0.2) is 17.9 Å². The van der Waals surface area contributed by atoms with Crippen LogP contribution in [0.3, 0.4) is 0 Å². The number of sulfonamides is 1. The molecule has 63 heavy (non-hydrogen) atoms. The number of anilines is 2. The van der Waals surface area contributed by atoms with E-state index in [0.717, 1.165) is 61.8 Å². The highest BCUT2D eigenvalue weighted by Crippen LogP contribution is 2.43. The topological polar surface area (TPSA) is 180 Å². The second-order valence-corrected chi connectivity index (χ2v) is 19.2. The Hall–Kier alpha value is -5.94. The third-order valence-corrected chi connectivity index (χ3v) is 13.2. The van der Waals surface area contributed by atoms with Gasteiger partial charge in [-0.05, 0) is 124 Å². The van der Waals surface area contributed by atoms with Crippen LogP contribution in [0.1, 0.15) is 55.5 Å². The van der Waals surface area contributed by atoms with Crippen molar-refractivity contribution in [3.05, 3.63) is 123 Å². The van der Waals surface area contributed by atoms with E-state index in [1.165, 1.54) is 41.1 Å². The number of carboxylic acid groups (broad SMARTS) is 1. The molecular weight excluding hydrogens is 846 g/mol. The standard InChI is InChI=1S/C46H52ClN7O8S/c1-46(2)18-16-33(39(29-46)31-6-8-34(47)9-7-31)30-51-22-24-52(25-23-51)35-10-13-38(43(27-35)62-36-11-15-41-32(26-36)17-21-53(41)45(56)57)44(55)49-63(60,61)37-12-14-40(42(28-37)54(58)59)48-19-5-20-50(3)4/h6-15,17,21,26-28,48H,5,16,18-20,22-25,29-30H2,1-4H3,(H,49,55)(H,56,57). The Kier molecular flexibility index (Phi) is 13.5. The lowest BCUT2D eigenvalue weighted by Gasteiger charge is -2.39. The molecule has 1 amide bonds. The zero-order valence-electron chi connectivity index (χ0n) is 35.8. The normalized spacial score (nSPS) is 15.7. The lowest BCUT2D eigenvalue weighted by atomic mass is 9.72. The van der Waals surface area contributed by atoms with Crippen molar-refractivity contribution in [2.45, 2.75) is 44.4 Å². The van der Waals surface area contributed by atoms with Crippen molar-refractivity contribution in [2.75, 3.05) is 70.1 Å². The van der Waals surface area contributed by atoms with Gasteiger partial charge in [-0.2, -0.15) is 0 Å². The predicted molar refractivity (Wildman–Crippen MR) is 246 cm³/mol. The average Bonchev–Trinajstić information content (AvgIpc) is 3.67. The number of aromatic nitrogens is 1. The molecule has 2 heterocycles. The van der Waals surface area contributed by atoms with E-state index >= 15 is 0 Å². The summed E-state index contributed by atoms with van der Waals surface area (Å²) in [5.74, 6) is -0.659. The number of nitro groups is 1. The quantitative estimate of drug-likeness (QED) is 0.0517. The molecule has 17 heteroatoms. The van der Waals surface area contributed by atoms with Crippen molar-refractivity contribution < 1.29 is 32.8 Å². The number of allylic oxidation sites excluding steroid dienone is 1. The minimum atomic E-state index is -4.60. The zero-order valence-corrected chi connectivity index (χ0v) is 37.3. The van der Waals surface area contributed by atoms with E-state index in [-0.39, 0.29) is 28.2 Å². The Morgan fingerprint density at radius 1 is 0.968 bits per heavy atom. The van der Waals surface area contributed by atoms with Crippen LogP contribution in [0.25, 0.3) is 16.5 Å². The maximum absolute atomic E-state index is 13.9. The molecule has 1 aliphatic carbocycles. The summed E-state index contributed by atoms with van der Waals surface area (Å²) in [6.45, 7) is 9.60. The number of ether oxygens (including phenoxy) is 1. The number of nitrogens with zero attached hydrogens (tertiary/aromatic N) is 5. The van der Waals surface area contributed by atoms with Crippen LogP contribution >= 0.6 is 11.6 Å². The van der Waals surface area contributed by atoms with Crippen LogP contribution in [0.5, 0.6) is 11.5 Å². The maximum Gasteiger partial charge on any atom is 0.415 e. The highest BCUT2D eigenvalue weighted by molar-refractivity contribution is 7.90. The van der Waals surface area contributed by atoms with Crippen LogP contribution in [0, 0.1) is 15.5 Å². The number of hydrogen-bond acceptors (Lipinski definition) is 11. The summed E-state index contributed by atoms with van der Waals surface area (Å²) in [5.41, 5.74) is 5.05. The molecule has 1 aromatic heterocycles. The number of carbonyl (C=O) groups excluding carboxylic acids is 1. The van der Waals surface area contributed by atoms with Gasteiger partial charge in [-0.1, -0.05) is 43.2 Å². The fraction of sp³-hybridized carbons (Fsp3) is 0.348. The summed E-state index contributed by atoms with van der Waals surface area (Å²) in [4.78, 5) is 43.2. The monoisotopic (exact) mass is 897 g/mol. The number of carbonyl (C=O) groups is 2. The van der Waals surface area contributed by atoms with Crippen molar-refractivity contribution >= 4 is 67.2 Å². The first-order valence-electron chi connectivity index (χ1n) is 20.8. The van der Waals surface area contributed by atoms with Gasteiger partial charge in [0.05, 0.1) is 20.9 Å². The van der Waals surface area contributed by atoms with Crippen LogP contribution in [-0.4, -0.2) is 105 Å². The molecule has 1 aliphatic heterocycles. The van der Waals surface area contributed by atoms with E-state index in [0.29, 0.717) is 42.0 Å². The molecule has 7 rings (SSSR count). The number of piperazine rings is 1. The van der Waals surface area contributed by atoms with Gasteiger partial charge in [0.15, 0.2) is 0 Å². The maximum atomic E-state index is 13.9. The van der Waals surface area contributed by atoms with Gasteiger partial charge in [0, 0.05) is 73.7 Å². The molecular formula is C46H52ClN7O8S. The predicted octanol–water partition coefficient (Wildman–Crippen LogP) is 8.79. The molecule has 1 saturated heterocycles. The van der Waals surface area contributed by atoms with Gasteiger partial charge in [0.1, 0.15) is 17.2 Å². The Morgan fingerprint density at radius 3 is 2.41 bits per heavy atom. The lowest BCUT2D eigenvalue weighted by molar-refractivity contribution is -0.384. The third-order valence-electron chi connectivity index (χ3n) is 11.6. The summed E-state index contributed by atoms with van der Waals surface area (Å²) < 4.78 is 36.8. The van der Waals surface area contributed by atoms with Crippen molar-refractivity contribution in [3.8, 4) is 11.5 Å². The first-order valence-corrected chi connectivity index (χ1v) is 22.7. The molecule has 15 nitrogen and oxygen atoms in total. The first-order chi connectivity index (χ1) is 30.0. The summed E-state index contributed by atoms with van der Waals surface area (Å²) in [7, 11) is -0.767. The van der Waals surface area contributed by atoms with Gasteiger partial charge in [-0.15, -0.1) is 0 Å². The van der Waals surface area contributed by atoms with Gasteiger partial charge < -0.3 is 25.0 Å². The van der Waals surface area contributed by atoms with Crippen LogP contribution in [0.2, 0.25) is 5.02 Å². The van der Waals surface area contributed by atoms with Gasteiger partial charge in [0.25, 0.3) is 21.6 Å². The number of rotatable bonds is 15. The minimum Gasteiger partial charge on any atom is -0.464 e. The number of halogens is 1. The molecule has 0 spiro atoms. The Labute approximate surface area is 372 Å². The number of amides is 1. The smallest absolute Gasteiger partial charge is 0.415 e. The average molecular weight is 898 g/mol. The SMILES string of the molecule is CN(C)CCCNc1ccc(S(=O)(=O)NC(=O)c2ccc(N3CCN(CC4=C(c5ccc(Cl)cc5)CC(C)(C)CC4)CC3)cc2Oc2ccc3c(ccn3C(=O)O)c2)cc1[N+](=O)[O-]. The second-order valence-electron chi connectivity index (χ2n) is 17.1. The van der Waals surface area contributed by atoms with Crippen LogP contribution in [-0.2, 0) is 10.0 Å². The summed E-state index contributed by atoms with van der Waals surface area (Å²) in [6.07, 6.45) is 4.10. The number of nitrogens with one attached hydrogen (secondary N) is 2. The van der Waals surface area contributed by atoms with E-state index in [2.05, 4.69) is 45.8 Å². The fourth-order valence-electron chi connectivity index (χ4n) is 8.19. The van der Waals surface area contributed by atoms with Gasteiger partial charge in [0.2, 0.25) is 0 Å². The molecule has 332 valence electrons. The Morgan fingerprint density at radius 2 is 1.71 bits per heavy atom. The zero-order chi connectivity index (χ0) is 45.1. The second kappa shape index (κ2) is 18.8. The molecule has 4 aromatic carbocycles. The molecule has 1 fully saturated rings. The van der Waals surface area contributed by atoms with Gasteiger partial charge in [-0.3, -0.25) is 24.4 Å². The lowest BCUT2D eigenvalue weighted by Crippen LogP contribution is -2.47. The van der Waals surface area contributed by atoms with Crippen molar-refractivity contribution in [1.82, 2.24) is 19.1 Å². The molecule has 5 aromatic rings. The Balaban J connectivity index is 1.12. The summed E-state index contributed by atoms with van der Waals surface area (Å²) in [6, 6.07) is 22.9. The van der Waals surface area contributed by atoms with E-state index in [1.54, 1.807) is 36.4 Å². The molecule has 0 radical (unpaired) electrons. The fourth-order valence-corrected chi connectivity index (χ4v) is 9.30. The number of hydrogen-bond donors (Lipinski definition) is 3. The van der Waals surface area contributed by atoms with E-state index in [4.69, 9.17) is 16.3 Å². The number of nitro benzene ring substituents is 1. The summed E-state index contributed by atoms with van der Waals surface area (Å²) in [5, 5.41) is 25.9. The summed E-state index contributed by atoms with van der Waals surface area (Å²) >= 11 is 6.23. The van der Waals surface area contributed by atoms with Crippen molar-refractivity contribution in [2.24, 2.45) is 5.41 Å². The minimum absolute atomic E-state index is 0.0606. The van der Waals surface area contributed by atoms with Crippen LogP contribution < -0.4 is 19.7 Å². The molecule has 0 bridgehead atoms. The van der Waals surface area contributed by atoms with E-state index in [9.17, 15) is 33.2 Å². The Bertz CT molecular complexity index is 2670.